The minimum absolute atomic E-state index is 0.0648. The number of hydrogen-bond acceptors (Lipinski definition) is 2. The van der Waals surface area contributed by atoms with Crippen molar-refractivity contribution in [2.45, 2.75) is 13.0 Å². The second-order valence-electron chi connectivity index (χ2n) is 1.42. The van der Waals surface area contributed by atoms with Crippen molar-refractivity contribution in [2.24, 2.45) is 0 Å². The topological polar surface area (TPSA) is 18.5 Å². The number of rotatable bonds is 4. The third-order valence-electron chi connectivity index (χ3n) is 0.642. The van der Waals surface area contributed by atoms with Crippen LogP contribution in [0.15, 0.2) is 0 Å². The van der Waals surface area contributed by atoms with Crippen LogP contribution in [-0.2, 0) is 9.31 Å². The molecule has 0 aliphatic heterocycles. The molecule has 0 aromatic heterocycles. The van der Waals surface area contributed by atoms with Gasteiger partial charge in [-0.2, -0.15) is 0 Å². The van der Waals surface area contributed by atoms with Gasteiger partial charge in [0.15, 0.2) is 0 Å². The summed E-state index contributed by atoms with van der Waals surface area (Å²) in [5.41, 5.74) is 0. The second-order valence-corrected chi connectivity index (χ2v) is 1.42. The van der Waals surface area contributed by atoms with E-state index >= 15 is 0 Å². The molecule has 0 aliphatic carbocycles. The zero-order chi connectivity index (χ0) is 6.41. The Labute approximate surface area is 52.3 Å². The molecule has 1 atom stereocenters. The van der Waals surface area contributed by atoms with Gasteiger partial charge in [-0.05, 0) is 0 Å². The molecule has 3 radical (unpaired) electrons. The first-order chi connectivity index (χ1) is 3.81. The van der Waals surface area contributed by atoms with Crippen LogP contribution in [0.4, 0.5) is 0 Å². The fourth-order valence-electron chi connectivity index (χ4n) is 0.309. The van der Waals surface area contributed by atoms with Crippen molar-refractivity contribution >= 4 is 22.4 Å². The Kier molecular flexibility index (Phi) is 5.07. The predicted octanol–water partition coefficient (Wildman–Crippen LogP) is -0.806. The molecule has 0 aliphatic rings. The van der Waals surface area contributed by atoms with Crippen LogP contribution >= 0.6 is 0 Å². The first-order valence-electron chi connectivity index (χ1n) is 2.31. The predicted molar refractivity (Wildman–Crippen MR) is 33.8 cm³/mol. The normalized spacial score (nSPS) is 12.0. The van der Waals surface area contributed by atoms with Gasteiger partial charge in [-0.3, -0.25) is 0 Å². The van der Waals surface area contributed by atoms with Crippen LogP contribution in [0, 0.1) is 0 Å². The van der Waals surface area contributed by atoms with Gasteiger partial charge in [0.2, 0.25) is 0 Å². The Morgan fingerprint density at radius 1 is 1.75 bits per heavy atom. The molecule has 0 rings (SSSR count). The van der Waals surface area contributed by atoms with Crippen molar-refractivity contribution < 1.29 is 9.31 Å². The molecule has 0 aromatic rings. The van der Waals surface area contributed by atoms with Crippen molar-refractivity contribution in [2.75, 3.05) is 6.61 Å². The van der Waals surface area contributed by atoms with E-state index in [1.807, 2.05) is 0 Å². The summed E-state index contributed by atoms with van der Waals surface area (Å²) in [7, 11) is 10.8. The fraction of sp³-hybridized carbons (Fsp3) is 1.00. The van der Waals surface area contributed by atoms with E-state index in [1.54, 1.807) is 6.92 Å². The van der Waals surface area contributed by atoms with E-state index in [0.717, 1.165) is 7.00 Å². The average Bonchev–Trinajstić information content (AvgIpc) is 1.68. The van der Waals surface area contributed by atoms with Crippen molar-refractivity contribution in [3.8, 4) is 0 Å². The monoisotopic (exact) mass is 107 g/mol. The second kappa shape index (κ2) is 5.10. The quantitative estimate of drug-likeness (QED) is 0.437. The molecule has 0 amide bonds. The van der Waals surface area contributed by atoms with Crippen LogP contribution in [0.25, 0.3) is 0 Å². The van der Waals surface area contributed by atoms with Gasteiger partial charge in [0.1, 0.15) is 0 Å². The SMILES string of the molecule is [B]OCC(C)OB=[B]. The zero-order valence-corrected chi connectivity index (χ0v) is 4.83. The van der Waals surface area contributed by atoms with Crippen molar-refractivity contribution in [1.29, 1.82) is 0 Å². The van der Waals surface area contributed by atoms with Gasteiger partial charge >= 0.3 is 51.4 Å². The summed E-state index contributed by atoms with van der Waals surface area (Å²) in [6.07, 6.45) is -0.0648. The molecule has 39 valence electrons. The molecule has 5 heteroatoms. The van der Waals surface area contributed by atoms with E-state index in [0.29, 0.717) is 6.61 Å². The van der Waals surface area contributed by atoms with Crippen LogP contribution in [0.1, 0.15) is 6.92 Å². The van der Waals surface area contributed by atoms with Gasteiger partial charge < -0.3 is 0 Å². The maximum absolute atomic E-state index is 4.92. The molecule has 8 heavy (non-hydrogen) atoms. The van der Waals surface area contributed by atoms with E-state index in [2.05, 4.69) is 4.65 Å². The van der Waals surface area contributed by atoms with E-state index in [-0.39, 0.29) is 6.10 Å². The van der Waals surface area contributed by atoms with Gasteiger partial charge in [0.25, 0.3) is 0 Å². The van der Waals surface area contributed by atoms with Crippen LogP contribution in [0.3, 0.4) is 0 Å². The zero-order valence-electron chi connectivity index (χ0n) is 4.83. The molecular weight excluding hydrogens is 100 g/mol. The molecule has 0 heterocycles. The molecule has 1 unspecified atom stereocenters. The third kappa shape index (κ3) is 4.12. The van der Waals surface area contributed by atoms with E-state index in [9.17, 15) is 0 Å². The third-order valence-corrected chi connectivity index (χ3v) is 0.642. The average molecular weight is 107 g/mol. The number of hydrogen-bond donors (Lipinski definition) is 0. The van der Waals surface area contributed by atoms with E-state index in [1.165, 1.54) is 0 Å². The Morgan fingerprint density at radius 2 is 2.38 bits per heavy atom. The maximum atomic E-state index is 4.92. The molecular formula is C3H6B3O2. The minimum atomic E-state index is -0.0648. The first-order valence-corrected chi connectivity index (χ1v) is 2.31. The summed E-state index contributed by atoms with van der Waals surface area (Å²) in [5, 5.41) is 0. The summed E-state index contributed by atoms with van der Waals surface area (Å²) in [6.45, 7) is 2.16. The van der Waals surface area contributed by atoms with Crippen molar-refractivity contribution in [1.82, 2.24) is 0 Å². The Morgan fingerprint density at radius 3 is 2.75 bits per heavy atom. The molecule has 0 N–H and O–H groups in total. The summed E-state index contributed by atoms with van der Waals surface area (Å²) in [6, 6.07) is 0. The van der Waals surface area contributed by atoms with Crippen LogP contribution in [0.2, 0.25) is 0 Å². The molecule has 0 saturated carbocycles. The van der Waals surface area contributed by atoms with Gasteiger partial charge in [-0.1, -0.05) is 0 Å². The summed E-state index contributed by atoms with van der Waals surface area (Å²) < 4.78 is 8.99. The molecule has 0 spiro atoms. The van der Waals surface area contributed by atoms with Gasteiger partial charge in [0, 0.05) is 0 Å². The van der Waals surface area contributed by atoms with Crippen LogP contribution < -0.4 is 0 Å². The fourth-order valence-corrected chi connectivity index (χ4v) is 0.309. The van der Waals surface area contributed by atoms with Crippen LogP contribution in [0.5, 0.6) is 0 Å². The molecule has 2 nitrogen and oxygen atoms in total. The first kappa shape index (κ1) is 7.95. The molecule has 0 aromatic carbocycles. The Bertz CT molecular complexity index is 67.5. The van der Waals surface area contributed by atoms with Gasteiger partial charge in [-0.15, -0.1) is 0 Å². The summed E-state index contributed by atoms with van der Waals surface area (Å²) >= 11 is 0. The summed E-state index contributed by atoms with van der Waals surface area (Å²) in [5.74, 6) is 0. The standard InChI is InChI=1S/C3H6B3O2/c1-3(2-7-5)8-6-4/h3H,2H2,1H3. The molecule has 0 saturated heterocycles. The Balaban J connectivity index is 3.03. The van der Waals surface area contributed by atoms with Crippen molar-refractivity contribution in [3.05, 3.63) is 0 Å². The van der Waals surface area contributed by atoms with E-state index < -0.39 is 0 Å². The molecule has 0 fully saturated rings. The summed E-state index contributed by atoms with van der Waals surface area (Å²) in [4.78, 5) is 0. The van der Waals surface area contributed by atoms with Gasteiger partial charge in [-0.25, -0.2) is 0 Å². The van der Waals surface area contributed by atoms with Gasteiger partial charge in [0.05, 0.1) is 0 Å². The van der Waals surface area contributed by atoms with Crippen LogP contribution in [-0.4, -0.2) is 35.1 Å². The Hall–Kier alpha value is -0.0452. The van der Waals surface area contributed by atoms with E-state index in [4.69, 9.17) is 20.1 Å². The molecule has 0 bridgehead atoms. The van der Waals surface area contributed by atoms with Crippen molar-refractivity contribution in [3.63, 3.8) is 0 Å².